The van der Waals surface area contributed by atoms with Gasteiger partial charge in [0.1, 0.15) is 5.69 Å². The van der Waals surface area contributed by atoms with Gasteiger partial charge in [0.2, 0.25) is 5.76 Å². The maximum atomic E-state index is 12.9. The summed E-state index contributed by atoms with van der Waals surface area (Å²) in [5.41, 5.74) is 0.0896. The molecule has 1 amide bonds. The minimum absolute atomic E-state index is 0.0513. The normalized spacial score (nSPS) is 18.1. The number of likely N-dealkylation sites (tertiary alicyclic amines) is 1. The van der Waals surface area contributed by atoms with Crippen LogP contribution >= 0.6 is 11.3 Å². The summed E-state index contributed by atoms with van der Waals surface area (Å²) in [6.07, 6.45) is 1.02. The molecule has 0 spiro atoms. The molecule has 2 aromatic rings. The Morgan fingerprint density at radius 2 is 2.19 bits per heavy atom. The van der Waals surface area contributed by atoms with Gasteiger partial charge in [-0.3, -0.25) is 4.79 Å². The molecular formula is C19H23F3N2O2S. The van der Waals surface area contributed by atoms with Gasteiger partial charge in [-0.15, -0.1) is 11.3 Å². The number of amides is 1. The first-order valence-corrected chi connectivity index (χ1v) is 10.1. The Hall–Kier alpha value is -1.83. The lowest BCUT2D eigenvalue weighted by Crippen LogP contribution is -2.39. The van der Waals surface area contributed by atoms with Gasteiger partial charge in [0, 0.05) is 18.7 Å². The molecular weight excluding hydrogens is 377 g/mol. The topological polar surface area (TPSA) is 46.3 Å². The molecule has 0 saturated carbocycles. The molecule has 2 aromatic heterocycles. The van der Waals surface area contributed by atoms with Gasteiger partial charge in [0.15, 0.2) is 0 Å². The Morgan fingerprint density at radius 1 is 1.41 bits per heavy atom. The highest BCUT2D eigenvalue weighted by molar-refractivity contribution is 7.17. The molecule has 4 nitrogen and oxygen atoms in total. The van der Waals surface area contributed by atoms with E-state index in [0.717, 1.165) is 50.1 Å². The monoisotopic (exact) mass is 400 g/mol. The molecule has 8 heteroatoms. The molecule has 148 valence electrons. The van der Waals surface area contributed by atoms with E-state index in [-0.39, 0.29) is 17.2 Å². The van der Waals surface area contributed by atoms with Crippen molar-refractivity contribution in [1.29, 1.82) is 0 Å². The molecule has 1 aliphatic rings. The lowest BCUT2D eigenvalue weighted by molar-refractivity contribution is -0.156. The number of rotatable bonds is 5. The first-order valence-electron chi connectivity index (χ1n) is 9.24. The molecule has 1 saturated heterocycles. The molecule has 0 bridgehead atoms. The summed E-state index contributed by atoms with van der Waals surface area (Å²) < 4.78 is 43.2. The average molecular weight is 400 g/mol. The summed E-state index contributed by atoms with van der Waals surface area (Å²) in [4.78, 5) is 15.7. The number of aromatic nitrogens is 1. The standard InChI is InChI=1S/C19H23F3N2O2S/c1-3-4-6-13-7-5-10-24(11-13)18(25)15-9-8-14(27-15)16-12(2)17(26-23-16)19(20,21)22/h8-9,13H,3-7,10-11H2,1-2H3/t13-/m1/s1. The SMILES string of the molecule is CCCC[C@@H]1CCCN(C(=O)c2ccc(-c3noc(C(F)(F)F)c3C)s2)C1. The van der Waals surface area contributed by atoms with Gasteiger partial charge in [-0.25, -0.2) is 0 Å². The lowest BCUT2D eigenvalue weighted by Gasteiger charge is -2.32. The number of carbonyl (C=O) groups excluding carboxylic acids is 1. The third-order valence-electron chi connectivity index (χ3n) is 5.00. The highest BCUT2D eigenvalue weighted by atomic mass is 32.1. The van der Waals surface area contributed by atoms with Gasteiger partial charge in [-0.2, -0.15) is 13.2 Å². The fourth-order valence-corrected chi connectivity index (χ4v) is 4.56. The van der Waals surface area contributed by atoms with Crippen LogP contribution in [0.2, 0.25) is 0 Å². The van der Waals surface area contributed by atoms with Gasteiger partial charge in [0.05, 0.1) is 9.75 Å². The highest BCUT2D eigenvalue weighted by Gasteiger charge is 2.39. The second-order valence-electron chi connectivity index (χ2n) is 7.05. The summed E-state index contributed by atoms with van der Waals surface area (Å²) in [7, 11) is 0. The van der Waals surface area contributed by atoms with Crippen LogP contribution in [0.25, 0.3) is 10.6 Å². The summed E-state index contributed by atoms with van der Waals surface area (Å²) >= 11 is 1.16. The van der Waals surface area contributed by atoms with Crippen LogP contribution in [0.15, 0.2) is 16.7 Å². The Kier molecular flexibility index (Phi) is 5.93. The van der Waals surface area contributed by atoms with Crippen molar-refractivity contribution in [1.82, 2.24) is 10.1 Å². The van der Waals surface area contributed by atoms with E-state index in [9.17, 15) is 18.0 Å². The second kappa shape index (κ2) is 8.04. The third kappa shape index (κ3) is 4.36. The molecule has 1 atom stereocenters. The van der Waals surface area contributed by atoms with E-state index in [1.54, 1.807) is 12.1 Å². The molecule has 0 radical (unpaired) electrons. The van der Waals surface area contributed by atoms with Crippen molar-refractivity contribution in [2.45, 2.75) is 52.1 Å². The van der Waals surface area contributed by atoms with Gasteiger partial charge < -0.3 is 9.42 Å². The smallest absolute Gasteiger partial charge is 0.351 e. The van der Waals surface area contributed by atoms with Crippen molar-refractivity contribution >= 4 is 17.2 Å². The molecule has 0 unspecified atom stereocenters. The maximum absolute atomic E-state index is 12.9. The molecule has 3 rings (SSSR count). The largest absolute Gasteiger partial charge is 0.452 e. The number of piperidine rings is 1. The highest BCUT2D eigenvalue weighted by Crippen LogP contribution is 2.38. The van der Waals surface area contributed by atoms with Crippen LogP contribution in [0.3, 0.4) is 0 Å². The van der Waals surface area contributed by atoms with Gasteiger partial charge in [-0.1, -0.05) is 24.9 Å². The van der Waals surface area contributed by atoms with E-state index in [1.165, 1.54) is 13.3 Å². The van der Waals surface area contributed by atoms with Crippen LogP contribution in [-0.4, -0.2) is 29.1 Å². The molecule has 27 heavy (non-hydrogen) atoms. The van der Waals surface area contributed by atoms with Crippen LogP contribution in [0.1, 0.15) is 60.0 Å². The first kappa shape index (κ1) is 19.9. The average Bonchev–Trinajstić information content (AvgIpc) is 3.25. The number of hydrogen-bond acceptors (Lipinski definition) is 4. The number of halogens is 3. The quantitative estimate of drug-likeness (QED) is 0.640. The van der Waals surface area contributed by atoms with E-state index in [2.05, 4.69) is 16.6 Å². The van der Waals surface area contributed by atoms with Crippen LogP contribution in [-0.2, 0) is 6.18 Å². The number of alkyl halides is 3. The van der Waals surface area contributed by atoms with Crippen molar-refractivity contribution in [2.24, 2.45) is 5.92 Å². The summed E-state index contributed by atoms with van der Waals surface area (Å²) in [5.74, 6) is -0.604. The van der Waals surface area contributed by atoms with Crippen molar-refractivity contribution < 1.29 is 22.5 Å². The second-order valence-corrected chi connectivity index (χ2v) is 8.13. The number of thiophene rings is 1. The molecule has 0 N–H and O–H groups in total. The van der Waals surface area contributed by atoms with Crippen LogP contribution < -0.4 is 0 Å². The first-order chi connectivity index (χ1) is 12.8. The van der Waals surface area contributed by atoms with Gasteiger partial charge in [0.25, 0.3) is 5.91 Å². The number of hydrogen-bond donors (Lipinski definition) is 0. The lowest BCUT2D eigenvalue weighted by atomic mass is 9.93. The Balaban J connectivity index is 1.74. The summed E-state index contributed by atoms with van der Waals surface area (Å²) in [6.45, 7) is 4.98. The molecule has 1 aliphatic heterocycles. The van der Waals surface area contributed by atoms with Gasteiger partial charge >= 0.3 is 6.18 Å². The zero-order valence-corrected chi connectivity index (χ0v) is 16.3. The fourth-order valence-electron chi connectivity index (χ4n) is 3.54. The van der Waals surface area contributed by atoms with E-state index < -0.39 is 11.9 Å². The number of nitrogens with zero attached hydrogens (tertiary/aromatic N) is 2. The van der Waals surface area contributed by atoms with Crippen LogP contribution in [0.4, 0.5) is 13.2 Å². The Morgan fingerprint density at radius 3 is 2.85 bits per heavy atom. The van der Waals surface area contributed by atoms with Crippen molar-refractivity contribution in [3.8, 4) is 10.6 Å². The number of carbonyl (C=O) groups is 1. The predicted octanol–water partition coefficient (Wildman–Crippen LogP) is 5.77. The summed E-state index contributed by atoms with van der Waals surface area (Å²) in [6, 6.07) is 3.31. The zero-order valence-electron chi connectivity index (χ0n) is 15.4. The summed E-state index contributed by atoms with van der Waals surface area (Å²) in [5, 5.41) is 3.57. The Labute approximate surface area is 160 Å². The van der Waals surface area contributed by atoms with E-state index >= 15 is 0 Å². The zero-order chi connectivity index (χ0) is 19.6. The van der Waals surface area contributed by atoms with Crippen LogP contribution in [0.5, 0.6) is 0 Å². The van der Waals surface area contributed by atoms with Crippen molar-refractivity contribution in [3.63, 3.8) is 0 Å². The predicted molar refractivity (Wildman–Crippen MR) is 97.7 cm³/mol. The third-order valence-corrected chi connectivity index (χ3v) is 6.08. The van der Waals surface area contributed by atoms with Gasteiger partial charge in [-0.05, 0) is 44.2 Å². The minimum atomic E-state index is -4.58. The molecule has 0 aromatic carbocycles. The molecule has 0 aliphatic carbocycles. The number of unbranched alkanes of at least 4 members (excludes halogenated alkanes) is 1. The minimum Gasteiger partial charge on any atom is -0.351 e. The maximum Gasteiger partial charge on any atom is 0.452 e. The van der Waals surface area contributed by atoms with Crippen LogP contribution in [0, 0.1) is 12.8 Å². The molecule has 3 heterocycles. The van der Waals surface area contributed by atoms with Crippen molar-refractivity contribution in [2.75, 3.05) is 13.1 Å². The fraction of sp³-hybridized carbons (Fsp3) is 0.579. The van der Waals surface area contributed by atoms with Crippen molar-refractivity contribution in [3.05, 3.63) is 28.3 Å². The van der Waals surface area contributed by atoms with E-state index in [4.69, 9.17) is 0 Å². The van der Waals surface area contributed by atoms with E-state index in [0.29, 0.717) is 15.7 Å². The van der Waals surface area contributed by atoms with E-state index in [1.807, 2.05) is 4.90 Å². The molecule has 1 fully saturated rings. The Bertz CT molecular complexity index is 797.